The number of para-hydroxylation sites is 1. The molecule has 0 spiro atoms. The minimum Gasteiger partial charge on any atom is -0.341 e. The second-order valence-corrected chi connectivity index (χ2v) is 7.92. The number of hydrogen-bond donors (Lipinski definition) is 2. The smallest absolute Gasteiger partial charge is 0.321 e. The van der Waals surface area contributed by atoms with Crippen LogP contribution in [-0.2, 0) is 11.3 Å². The molecule has 0 fully saturated rings. The van der Waals surface area contributed by atoms with Gasteiger partial charge in [-0.25, -0.2) is 9.78 Å². The molecule has 0 bridgehead atoms. The van der Waals surface area contributed by atoms with Gasteiger partial charge in [0.15, 0.2) is 5.16 Å². The van der Waals surface area contributed by atoms with E-state index in [1.165, 1.54) is 7.05 Å². The van der Waals surface area contributed by atoms with E-state index in [-0.39, 0.29) is 5.56 Å². The molecule has 3 rings (SSSR count). The van der Waals surface area contributed by atoms with Crippen LogP contribution in [0.5, 0.6) is 0 Å². The normalized spacial score (nSPS) is 11.8. The zero-order valence-electron chi connectivity index (χ0n) is 16.4. The molecular formula is C21H22N4O3S. The second kappa shape index (κ2) is 8.91. The fourth-order valence-corrected chi connectivity index (χ4v) is 3.65. The molecule has 1 aromatic heterocycles. The molecule has 3 aromatic rings. The largest absolute Gasteiger partial charge is 0.341 e. The number of nitrogens with zero attached hydrogens (tertiary/aromatic N) is 2. The van der Waals surface area contributed by atoms with Gasteiger partial charge in [-0.3, -0.25) is 19.5 Å². The van der Waals surface area contributed by atoms with Crippen LogP contribution in [0.2, 0.25) is 0 Å². The molecule has 2 aromatic carbocycles. The molecule has 0 aliphatic heterocycles. The lowest BCUT2D eigenvalue weighted by atomic mass is 10.1. The summed E-state index contributed by atoms with van der Waals surface area (Å²) < 4.78 is 1.57. The van der Waals surface area contributed by atoms with E-state index >= 15 is 0 Å². The number of carbonyl (C=O) groups is 2. The predicted octanol–water partition coefficient (Wildman–Crippen LogP) is 2.69. The van der Waals surface area contributed by atoms with Crippen molar-refractivity contribution in [2.24, 2.45) is 0 Å². The van der Waals surface area contributed by atoms with Gasteiger partial charge in [0.25, 0.3) is 5.56 Å². The van der Waals surface area contributed by atoms with Crippen LogP contribution >= 0.6 is 11.8 Å². The number of imide groups is 1. The Hall–Kier alpha value is -3.13. The van der Waals surface area contributed by atoms with Crippen LogP contribution in [0.1, 0.15) is 18.1 Å². The molecule has 150 valence electrons. The maximum atomic E-state index is 13.1. The average molecular weight is 410 g/mol. The van der Waals surface area contributed by atoms with Gasteiger partial charge in [0.05, 0.1) is 22.7 Å². The van der Waals surface area contributed by atoms with Gasteiger partial charge in [-0.05, 0) is 31.5 Å². The summed E-state index contributed by atoms with van der Waals surface area (Å²) in [4.78, 5) is 41.4. The highest BCUT2D eigenvalue weighted by Gasteiger charge is 2.21. The molecule has 2 N–H and O–H groups in total. The highest BCUT2D eigenvalue weighted by molar-refractivity contribution is 8.00. The van der Waals surface area contributed by atoms with E-state index in [0.717, 1.165) is 22.9 Å². The summed E-state index contributed by atoms with van der Waals surface area (Å²) >= 11 is 1.14. The number of fused-ring (bicyclic) bond motifs is 1. The summed E-state index contributed by atoms with van der Waals surface area (Å²) in [6.45, 7) is 4.01. The van der Waals surface area contributed by atoms with E-state index in [4.69, 9.17) is 0 Å². The van der Waals surface area contributed by atoms with E-state index in [9.17, 15) is 14.4 Å². The maximum absolute atomic E-state index is 13.1. The molecular weight excluding hydrogens is 388 g/mol. The Bertz CT molecular complexity index is 1110. The number of hydrogen-bond acceptors (Lipinski definition) is 5. The molecule has 1 atom stereocenters. The summed E-state index contributed by atoms with van der Waals surface area (Å²) in [5.74, 6) is -0.460. The van der Waals surface area contributed by atoms with Crippen molar-refractivity contribution in [1.29, 1.82) is 0 Å². The lowest BCUT2D eigenvalue weighted by Crippen LogP contribution is -2.41. The summed E-state index contributed by atoms with van der Waals surface area (Å²) in [6.07, 6.45) is 0. The van der Waals surface area contributed by atoms with E-state index < -0.39 is 17.2 Å². The van der Waals surface area contributed by atoms with Crippen LogP contribution in [0.4, 0.5) is 4.79 Å². The molecule has 3 amide bonds. The Kier molecular flexibility index (Phi) is 6.33. The molecule has 29 heavy (non-hydrogen) atoms. The van der Waals surface area contributed by atoms with Gasteiger partial charge in [0.1, 0.15) is 0 Å². The highest BCUT2D eigenvalue weighted by Crippen LogP contribution is 2.23. The maximum Gasteiger partial charge on any atom is 0.321 e. The lowest BCUT2D eigenvalue weighted by molar-refractivity contribution is -0.119. The van der Waals surface area contributed by atoms with Gasteiger partial charge < -0.3 is 5.32 Å². The molecule has 1 heterocycles. The van der Waals surface area contributed by atoms with Crippen LogP contribution in [0.15, 0.2) is 58.5 Å². The lowest BCUT2D eigenvalue weighted by Gasteiger charge is -2.16. The molecule has 7 nitrogen and oxygen atoms in total. The van der Waals surface area contributed by atoms with Crippen LogP contribution in [-0.4, -0.2) is 33.8 Å². The van der Waals surface area contributed by atoms with Gasteiger partial charge in [-0.2, -0.15) is 0 Å². The van der Waals surface area contributed by atoms with E-state index in [2.05, 4.69) is 15.6 Å². The fourth-order valence-electron chi connectivity index (χ4n) is 2.74. The van der Waals surface area contributed by atoms with E-state index in [1.807, 2.05) is 37.3 Å². The third kappa shape index (κ3) is 4.83. The van der Waals surface area contributed by atoms with Crippen molar-refractivity contribution in [3.8, 4) is 0 Å². The van der Waals surface area contributed by atoms with Crippen molar-refractivity contribution in [3.05, 3.63) is 70.0 Å². The predicted molar refractivity (Wildman–Crippen MR) is 114 cm³/mol. The van der Waals surface area contributed by atoms with Crippen molar-refractivity contribution in [3.63, 3.8) is 0 Å². The first kappa shape index (κ1) is 20.6. The number of nitrogens with one attached hydrogen (secondary N) is 2. The molecule has 8 heteroatoms. The number of urea groups is 1. The SMILES string of the molecule is CNC(=O)NC(=O)[C@@H](C)Sc1nc2ccccc2c(=O)n1Cc1ccc(C)cc1. The molecule has 0 aliphatic carbocycles. The minimum atomic E-state index is -0.621. The number of thioether (sulfide) groups is 1. The third-order valence-electron chi connectivity index (χ3n) is 4.40. The van der Waals surface area contributed by atoms with Gasteiger partial charge in [-0.15, -0.1) is 0 Å². The number of carbonyl (C=O) groups excluding carboxylic acids is 2. The monoisotopic (exact) mass is 410 g/mol. The van der Waals surface area contributed by atoms with Gasteiger partial charge in [0.2, 0.25) is 5.91 Å². The first-order chi connectivity index (χ1) is 13.9. The number of aryl methyl sites for hydroxylation is 1. The van der Waals surface area contributed by atoms with Crippen molar-refractivity contribution in [2.75, 3.05) is 7.05 Å². The highest BCUT2D eigenvalue weighted by atomic mass is 32.2. The molecule has 0 saturated carbocycles. The summed E-state index contributed by atoms with van der Waals surface area (Å²) in [5.41, 5.74) is 2.49. The first-order valence-corrected chi connectivity index (χ1v) is 10.0. The summed E-state index contributed by atoms with van der Waals surface area (Å²) in [6, 6.07) is 14.5. The minimum absolute atomic E-state index is 0.169. The molecule has 0 unspecified atom stereocenters. The Morgan fingerprint density at radius 1 is 1.14 bits per heavy atom. The number of amides is 3. The van der Waals surface area contributed by atoms with Crippen LogP contribution in [0.25, 0.3) is 10.9 Å². The van der Waals surface area contributed by atoms with E-state index in [0.29, 0.717) is 22.6 Å². The van der Waals surface area contributed by atoms with Crippen LogP contribution < -0.4 is 16.2 Å². The molecule has 0 aliphatic rings. The van der Waals surface area contributed by atoms with Crippen LogP contribution in [0.3, 0.4) is 0 Å². The first-order valence-electron chi connectivity index (χ1n) is 9.13. The summed E-state index contributed by atoms with van der Waals surface area (Å²) in [5, 5.41) is 4.92. The van der Waals surface area contributed by atoms with Crippen LogP contribution in [0, 0.1) is 6.92 Å². The van der Waals surface area contributed by atoms with Gasteiger partial charge in [0, 0.05) is 7.05 Å². The van der Waals surface area contributed by atoms with Crippen molar-refractivity contribution in [2.45, 2.75) is 30.8 Å². The fraction of sp³-hybridized carbons (Fsp3) is 0.238. The molecule has 0 radical (unpaired) electrons. The van der Waals surface area contributed by atoms with Crippen molar-refractivity contribution < 1.29 is 9.59 Å². The topological polar surface area (TPSA) is 93.1 Å². The zero-order chi connectivity index (χ0) is 21.0. The van der Waals surface area contributed by atoms with Crippen molar-refractivity contribution >= 4 is 34.6 Å². The second-order valence-electron chi connectivity index (χ2n) is 6.62. The Morgan fingerprint density at radius 3 is 2.52 bits per heavy atom. The number of rotatable bonds is 5. The molecule has 0 saturated heterocycles. The Balaban J connectivity index is 1.99. The van der Waals surface area contributed by atoms with E-state index in [1.54, 1.807) is 29.7 Å². The standard InChI is InChI=1S/C21H22N4O3S/c1-13-8-10-15(11-9-13)12-25-19(27)16-6-4-5-7-17(16)23-21(25)29-14(2)18(26)24-20(28)22-3/h4-11,14H,12H2,1-3H3,(H2,22,24,26,28)/t14-/m1/s1. The average Bonchev–Trinajstić information content (AvgIpc) is 2.72. The summed E-state index contributed by atoms with van der Waals surface area (Å²) in [7, 11) is 1.44. The third-order valence-corrected chi connectivity index (χ3v) is 5.49. The Morgan fingerprint density at radius 2 is 1.83 bits per heavy atom. The van der Waals surface area contributed by atoms with Gasteiger partial charge in [-0.1, -0.05) is 53.7 Å². The number of aromatic nitrogens is 2. The van der Waals surface area contributed by atoms with Gasteiger partial charge >= 0.3 is 6.03 Å². The zero-order valence-corrected chi connectivity index (χ0v) is 17.2. The Labute approximate surface area is 172 Å². The number of benzene rings is 2. The van der Waals surface area contributed by atoms with Crippen molar-refractivity contribution in [1.82, 2.24) is 20.2 Å². The quantitative estimate of drug-likeness (QED) is 0.498.